The minimum absolute atomic E-state index is 0.0754. The molecule has 0 saturated heterocycles. The summed E-state index contributed by atoms with van der Waals surface area (Å²) in [5.74, 6) is -1.23. The van der Waals surface area contributed by atoms with Gasteiger partial charge in [-0.05, 0) is 19.9 Å². The van der Waals surface area contributed by atoms with E-state index in [0.717, 1.165) is 0 Å². The van der Waals surface area contributed by atoms with Crippen molar-refractivity contribution in [2.24, 2.45) is 5.73 Å². The number of hydrogen-bond acceptors (Lipinski definition) is 2. The molecule has 4 heteroatoms. The van der Waals surface area contributed by atoms with Crippen LogP contribution in [0.4, 0.5) is 8.78 Å². The van der Waals surface area contributed by atoms with Gasteiger partial charge in [-0.15, -0.1) is 0 Å². The summed E-state index contributed by atoms with van der Waals surface area (Å²) < 4.78 is 31.8. The van der Waals surface area contributed by atoms with Crippen LogP contribution >= 0.6 is 0 Å². The lowest BCUT2D eigenvalue weighted by Gasteiger charge is -2.21. The van der Waals surface area contributed by atoms with E-state index in [0.29, 0.717) is 0 Å². The molecule has 0 spiro atoms. The highest BCUT2D eigenvalue weighted by Crippen LogP contribution is 2.25. The van der Waals surface area contributed by atoms with Gasteiger partial charge in [0, 0.05) is 23.8 Å². The summed E-state index contributed by atoms with van der Waals surface area (Å²) in [5, 5.41) is 0. The maximum atomic E-state index is 13.8. The van der Waals surface area contributed by atoms with Gasteiger partial charge in [-0.1, -0.05) is 6.07 Å². The smallest absolute Gasteiger partial charge is 0.136 e. The predicted molar refractivity (Wildman–Crippen MR) is 54.3 cm³/mol. The zero-order chi connectivity index (χ0) is 11.6. The van der Waals surface area contributed by atoms with E-state index in [9.17, 15) is 8.78 Å². The van der Waals surface area contributed by atoms with Gasteiger partial charge in [-0.25, -0.2) is 8.78 Å². The number of methoxy groups -OCH3 is 1. The summed E-state index contributed by atoms with van der Waals surface area (Å²) in [4.78, 5) is 0. The van der Waals surface area contributed by atoms with Crippen LogP contribution in [0, 0.1) is 11.6 Å². The van der Waals surface area contributed by atoms with E-state index in [4.69, 9.17) is 10.5 Å². The first kappa shape index (κ1) is 12.1. The molecule has 0 amide bonds. The fraction of sp³-hybridized carbons (Fsp3) is 0.455. The van der Waals surface area contributed by atoms with E-state index in [1.165, 1.54) is 19.2 Å². The predicted octanol–water partition coefficient (Wildman–Crippen LogP) is 2.31. The molecule has 0 radical (unpaired) electrons. The molecule has 0 saturated carbocycles. The van der Waals surface area contributed by atoms with Crippen LogP contribution < -0.4 is 5.73 Å². The zero-order valence-corrected chi connectivity index (χ0v) is 9.10. The van der Waals surface area contributed by atoms with Crippen molar-refractivity contribution in [3.63, 3.8) is 0 Å². The molecule has 1 aromatic carbocycles. The van der Waals surface area contributed by atoms with Crippen molar-refractivity contribution in [1.82, 2.24) is 0 Å². The van der Waals surface area contributed by atoms with E-state index in [-0.39, 0.29) is 17.7 Å². The molecule has 0 aromatic heterocycles. The van der Waals surface area contributed by atoms with Crippen molar-refractivity contribution in [2.45, 2.75) is 26.0 Å². The lowest BCUT2D eigenvalue weighted by molar-refractivity contribution is 0.177. The van der Waals surface area contributed by atoms with Crippen molar-refractivity contribution in [3.8, 4) is 0 Å². The van der Waals surface area contributed by atoms with E-state index in [1.54, 1.807) is 13.8 Å². The molecule has 0 heterocycles. The van der Waals surface area contributed by atoms with Crippen LogP contribution in [-0.2, 0) is 16.9 Å². The third-order valence-corrected chi connectivity index (χ3v) is 2.17. The van der Waals surface area contributed by atoms with Gasteiger partial charge in [0.2, 0.25) is 0 Å². The highest BCUT2D eigenvalue weighted by Gasteiger charge is 2.22. The van der Waals surface area contributed by atoms with E-state index >= 15 is 0 Å². The van der Waals surface area contributed by atoms with Crippen molar-refractivity contribution in [3.05, 3.63) is 34.9 Å². The Hall–Kier alpha value is -1.00. The van der Waals surface area contributed by atoms with Crippen LogP contribution in [0.1, 0.15) is 25.0 Å². The average molecular weight is 215 g/mol. The molecule has 0 fully saturated rings. The second-order valence-electron chi connectivity index (χ2n) is 4.04. The number of rotatable bonds is 3. The van der Waals surface area contributed by atoms with Crippen LogP contribution in [0.5, 0.6) is 0 Å². The van der Waals surface area contributed by atoms with Gasteiger partial charge in [-0.2, -0.15) is 0 Å². The van der Waals surface area contributed by atoms with Gasteiger partial charge in [0.25, 0.3) is 0 Å². The first-order valence-electron chi connectivity index (χ1n) is 4.63. The number of halogens is 2. The van der Waals surface area contributed by atoms with E-state index in [2.05, 4.69) is 0 Å². The summed E-state index contributed by atoms with van der Waals surface area (Å²) in [6.45, 7) is 3.24. The fourth-order valence-electron chi connectivity index (χ4n) is 1.37. The SMILES string of the molecule is COCc1c(F)ccc(C(C)(C)N)c1F. The Balaban J connectivity index is 3.28. The average Bonchev–Trinajstić information content (AvgIpc) is 2.09. The normalized spacial score (nSPS) is 11.9. The number of benzene rings is 1. The second kappa shape index (κ2) is 4.24. The van der Waals surface area contributed by atoms with Crippen LogP contribution in [0.2, 0.25) is 0 Å². The van der Waals surface area contributed by atoms with Gasteiger partial charge in [0.05, 0.1) is 6.61 Å². The third-order valence-electron chi connectivity index (χ3n) is 2.17. The Labute approximate surface area is 88.0 Å². The molecule has 84 valence electrons. The highest BCUT2D eigenvalue weighted by molar-refractivity contribution is 5.31. The molecule has 1 aromatic rings. The molecule has 0 atom stereocenters. The van der Waals surface area contributed by atoms with Crippen LogP contribution in [0.3, 0.4) is 0 Å². The van der Waals surface area contributed by atoms with Crippen molar-refractivity contribution in [1.29, 1.82) is 0 Å². The standard InChI is InChI=1S/C11H15F2NO/c1-11(2,14)8-4-5-9(12)7(6-15-3)10(8)13/h4-5H,6,14H2,1-3H3. The highest BCUT2D eigenvalue weighted by atomic mass is 19.1. The summed E-state index contributed by atoms with van der Waals surface area (Å²) >= 11 is 0. The molecule has 0 unspecified atom stereocenters. The number of ether oxygens (including phenoxy) is 1. The topological polar surface area (TPSA) is 35.2 Å². The van der Waals surface area contributed by atoms with Crippen LogP contribution in [0.25, 0.3) is 0 Å². The van der Waals surface area contributed by atoms with E-state index in [1.807, 2.05) is 0 Å². The number of hydrogen-bond donors (Lipinski definition) is 1. The maximum absolute atomic E-state index is 13.8. The summed E-state index contributed by atoms with van der Waals surface area (Å²) in [5.41, 5.74) is 5.15. The minimum Gasteiger partial charge on any atom is -0.380 e. The fourth-order valence-corrected chi connectivity index (χ4v) is 1.37. The van der Waals surface area contributed by atoms with Crippen LogP contribution in [0.15, 0.2) is 12.1 Å². The molecule has 1 rings (SSSR count). The second-order valence-corrected chi connectivity index (χ2v) is 4.04. The Bertz CT molecular complexity index is 358. The van der Waals surface area contributed by atoms with Gasteiger partial charge >= 0.3 is 0 Å². The lowest BCUT2D eigenvalue weighted by Crippen LogP contribution is -2.30. The summed E-state index contributed by atoms with van der Waals surface area (Å²) in [7, 11) is 1.39. The molecule has 0 aliphatic carbocycles. The number of nitrogens with two attached hydrogens (primary N) is 1. The van der Waals surface area contributed by atoms with Gasteiger partial charge in [0.1, 0.15) is 11.6 Å². The summed E-state index contributed by atoms with van der Waals surface area (Å²) in [6.07, 6.45) is 0. The van der Waals surface area contributed by atoms with Crippen LogP contribution in [-0.4, -0.2) is 7.11 Å². The minimum atomic E-state index is -0.833. The largest absolute Gasteiger partial charge is 0.380 e. The molecule has 0 bridgehead atoms. The Morgan fingerprint density at radius 1 is 1.33 bits per heavy atom. The molecular formula is C11H15F2NO. The monoisotopic (exact) mass is 215 g/mol. The quantitative estimate of drug-likeness (QED) is 0.839. The van der Waals surface area contributed by atoms with Crippen molar-refractivity contribution >= 4 is 0 Å². The Kier molecular flexibility index (Phi) is 3.42. The zero-order valence-electron chi connectivity index (χ0n) is 9.10. The molecule has 2 nitrogen and oxygen atoms in total. The molecular weight excluding hydrogens is 200 g/mol. The molecule has 15 heavy (non-hydrogen) atoms. The van der Waals surface area contributed by atoms with Gasteiger partial charge in [-0.3, -0.25) is 0 Å². The Morgan fingerprint density at radius 3 is 2.40 bits per heavy atom. The van der Waals surface area contributed by atoms with Crippen molar-refractivity contribution < 1.29 is 13.5 Å². The van der Waals surface area contributed by atoms with E-state index < -0.39 is 17.2 Å². The Morgan fingerprint density at radius 2 is 1.93 bits per heavy atom. The first-order valence-corrected chi connectivity index (χ1v) is 4.63. The lowest BCUT2D eigenvalue weighted by atomic mass is 9.93. The first-order chi connectivity index (χ1) is 6.88. The summed E-state index contributed by atoms with van der Waals surface area (Å²) in [6, 6.07) is 2.57. The molecule has 0 aliphatic heterocycles. The maximum Gasteiger partial charge on any atom is 0.136 e. The third kappa shape index (κ3) is 2.52. The van der Waals surface area contributed by atoms with Gasteiger partial charge < -0.3 is 10.5 Å². The van der Waals surface area contributed by atoms with Gasteiger partial charge in [0.15, 0.2) is 0 Å². The molecule has 2 N–H and O–H groups in total. The van der Waals surface area contributed by atoms with Crippen molar-refractivity contribution in [2.75, 3.05) is 7.11 Å². The molecule has 0 aliphatic rings.